The Morgan fingerprint density at radius 2 is 2.23 bits per heavy atom. The van der Waals surface area contributed by atoms with Crippen LogP contribution >= 0.6 is 0 Å². The fraction of sp³-hybridized carbons (Fsp3) is 0.750. The molecule has 1 aliphatic rings. The summed E-state index contributed by atoms with van der Waals surface area (Å²) in [6.45, 7) is 0.431. The second kappa shape index (κ2) is 5.77. The predicted molar refractivity (Wildman–Crippen MR) is 45.2 cm³/mol. The average molecular weight is 191 g/mol. The van der Waals surface area contributed by atoms with E-state index in [1.807, 2.05) is 0 Å². The summed E-state index contributed by atoms with van der Waals surface area (Å²) in [5, 5.41) is 9.69. The maximum absolute atomic E-state index is 13.2. The van der Waals surface area contributed by atoms with Crippen LogP contribution in [0.1, 0.15) is 12.8 Å². The van der Waals surface area contributed by atoms with Gasteiger partial charge in [-0.2, -0.15) is 0 Å². The lowest BCUT2D eigenvalue weighted by Crippen LogP contribution is -2.42. The molecule has 0 radical (unpaired) electrons. The van der Waals surface area contributed by atoms with Crippen molar-refractivity contribution in [1.82, 2.24) is 5.32 Å². The van der Waals surface area contributed by atoms with Crippen LogP contribution in [0.3, 0.4) is 0 Å². The lowest BCUT2D eigenvalue weighted by Gasteiger charge is -2.13. The monoisotopic (exact) mass is 191 g/mol. The van der Waals surface area contributed by atoms with E-state index in [0.29, 0.717) is 13.0 Å². The van der Waals surface area contributed by atoms with E-state index in [2.05, 4.69) is 5.32 Å². The summed E-state index contributed by atoms with van der Waals surface area (Å²) >= 11 is 0. The minimum atomic E-state index is -2.27. The van der Waals surface area contributed by atoms with Crippen molar-refractivity contribution in [1.29, 1.82) is 0 Å². The Bertz CT molecular complexity index is 186. The largest absolute Gasteiger partial charge is 0.400 e. The van der Waals surface area contributed by atoms with Crippen LogP contribution < -0.4 is 5.32 Å². The van der Waals surface area contributed by atoms with E-state index >= 15 is 0 Å². The lowest BCUT2D eigenvalue weighted by molar-refractivity contribution is -0.135. The molecular weight excluding hydrogens is 177 g/mol. The van der Waals surface area contributed by atoms with Gasteiger partial charge in [0.05, 0.1) is 0 Å². The topological polar surface area (TPSA) is 66.4 Å². The van der Waals surface area contributed by atoms with E-state index in [1.54, 1.807) is 0 Å². The number of aliphatic hydroxyl groups is 1. The highest BCUT2D eigenvalue weighted by molar-refractivity contribution is 6.01. The van der Waals surface area contributed by atoms with Gasteiger partial charge in [-0.05, 0) is 13.0 Å². The van der Waals surface area contributed by atoms with Gasteiger partial charge in [0.25, 0.3) is 0 Å². The molecule has 1 aliphatic heterocycles. The molecule has 1 saturated heterocycles. The molecule has 0 spiro atoms. The van der Waals surface area contributed by atoms with E-state index < -0.39 is 11.5 Å². The van der Waals surface area contributed by atoms with Gasteiger partial charge in [-0.1, -0.05) is 0 Å². The third kappa shape index (κ3) is 3.20. The predicted octanol–water partition coefficient (Wildman–Crippen LogP) is -0.545. The molecule has 2 N–H and O–H groups in total. The van der Waals surface area contributed by atoms with Gasteiger partial charge < -0.3 is 10.4 Å². The van der Waals surface area contributed by atoms with Gasteiger partial charge >= 0.3 is 0 Å². The normalized spacial score (nSPS) is 28.4. The number of ketones is 1. The number of carbonyl (C=O) groups excluding carboxylic acids is 2. The van der Waals surface area contributed by atoms with Crippen molar-refractivity contribution in [3.05, 3.63) is 0 Å². The molecule has 5 heteroatoms. The molecule has 0 aliphatic carbocycles. The first-order valence-electron chi connectivity index (χ1n) is 4.03. The Balaban J connectivity index is 0.000000671. The minimum absolute atomic E-state index is 0.0909. The van der Waals surface area contributed by atoms with E-state index in [4.69, 9.17) is 5.11 Å². The van der Waals surface area contributed by atoms with Crippen molar-refractivity contribution in [2.45, 2.75) is 18.5 Å². The molecule has 1 atom stereocenters. The number of rotatable bonds is 1. The number of aldehydes is 1. The highest BCUT2D eigenvalue weighted by atomic mass is 19.1. The highest BCUT2D eigenvalue weighted by Crippen LogP contribution is 2.14. The molecule has 0 aromatic rings. The van der Waals surface area contributed by atoms with Crippen LogP contribution in [0, 0.1) is 0 Å². The lowest BCUT2D eigenvalue weighted by atomic mass is 10.0. The Morgan fingerprint density at radius 1 is 1.62 bits per heavy atom. The third-order valence-corrected chi connectivity index (χ3v) is 1.79. The van der Waals surface area contributed by atoms with Crippen LogP contribution in [-0.2, 0) is 9.59 Å². The number of hydrogen-bond donors (Lipinski definition) is 2. The van der Waals surface area contributed by atoms with Crippen LogP contribution in [0.15, 0.2) is 0 Å². The number of halogens is 1. The first kappa shape index (κ1) is 12.2. The summed E-state index contributed by atoms with van der Waals surface area (Å²) in [7, 11) is 1.00. The Morgan fingerprint density at radius 3 is 2.77 bits per heavy atom. The molecule has 0 saturated carbocycles. The zero-order chi connectivity index (χ0) is 10.3. The molecule has 1 fully saturated rings. The zero-order valence-corrected chi connectivity index (χ0v) is 7.55. The first-order chi connectivity index (χ1) is 6.19. The van der Waals surface area contributed by atoms with Gasteiger partial charge in [-0.3, -0.25) is 9.59 Å². The Hall–Kier alpha value is -0.810. The summed E-state index contributed by atoms with van der Waals surface area (Å²) < 4.78 is 13.2. The number of aliphatic hydroxyl groups excluding tert-OH is 1. The van der Waals surface area contributed by atoms with Gasteiger partial charge in [0.15, 0.2) is 12.1 Å². The van der Waals surface area contributed by atoms with Gasteiger partial charge in [-0.15, -0.1) is 0 Å². The smallest absolute Gasteiger partial charge is 0.235 e. The van der Waals surface area contributed by atoms with Crippen molar-refractivity contribution in [2.24, 2.45) is 0 Å². The SMILES string of the molecule is CO.O=CC1(F)CNCCCC1=O. The molecule has 0 aromatic heterocycles. The van der Waals surface area contributed by atoms with Gasteiger partial charge in [0.2, 0.25) is 5.67 Å². The number of alkyl halides is 1. The van der Waals surface area contributed by atoms with Gasteiger partial charge in [-0.25, -0.2) is 4.39 Å². The Kier molecular flexibility index (Phi) is 5.41. The third-order valence-electron chi connectivity index (χ3n) is 1.79. The number of hydrogen-bond acceptors (Lipinski definition) is 4. The maximum Gasteiger partial charge on any atom is 0.235 e. The van der Waals surface area contributed by atoms with Crippen LogP contribution in [0.4, 0.5) is 4.39 Å². The number of nitrogens with one attached hydrogen (secondary N) is 1. The first-order valence-corrected chi connectivity index (χ1v) is 4.03. The second-order valence-electron chi connectivity index (χ2n) is 2.68. The maximum atomic E-state index is 13.2. The van der Waals surface area contributed by atoms with Gasteiger partial charge in [0.1, 0.15) is 0 Å². The van der Waals surface area contributed by atoms with Crippen molar-refractivity contribution < 1.29 is 19.1 Å². The van der Waals surface area contributed by atoms with E-state index in [1.165, 1.54) is 0 Å². The molecule has 76 valence electrons. The molecule has 4 nitrogen and oxygen atoms in total. The molecule has 13 heavy (non-hydrogen) atoms. The summed E-state index contributed by atoms with van der Waals surface area (Å²) in [4.78, 5) is 21.1. The summed E-state index contributed by atoms with van der Waals surface area (Å²) in [5.41, 5.74) is -2.27. The molecule has 1 heterocycles. The molecule has 0 amide bonds. The fourth-order valence-electron chi connectivity index (χ4n) is 1.06. The quantitative estimate of drug-likeness (QED) is 0.431. The van der Waals surface area contributed by atoms with Crippen LogP contribution in [0.25, 0.3) is 0 Å². The minimum Gasteiger partial charge on any atom is -0.400 e. The second-order valence-corrected chi connectivity index (χ2v) is 2.68. The van der Waals surface area contributed by atoms with Gasteiger partial charge in [0, 0.05) is 20.1 Å². The zero-order valence-electron chi connectivity index (χ0n) is 7.55. The van der Waals surface area contributed by atoms with Crippen molar-refractivity contribution >= 4 is 12.1 Å². The fourth-order valence-corrected chi connectivity index (χ4v) is 1.06. The van der Waals surface area contributed by atoms with Crippen LogP contribution in [0.5, 0.6) is 0 Å². The number of carbonyl (C=O) groups is 2. The molecule has 0 aromatic carbocycles. The van der Waals surface area contributed by atoms with Crippen molar-refractivity contribution in [3.8, 4) is 0 Å². The van der Waals surface area contributed by atoms with E-state index in [0.717, 1.165) is 7.11 Å². The molecular formula is C8H14FNO3. The highest BCUT2D eigenvalue weighted by Gasteiger charge is 2.38. The van der Waals surface area contributed by atoms with Crippen molar-refractivity contribution in [2.75, 3.05) is 20.2 Å². The van der Waals surface area contributed by atoms with Crippen LogP contribution in [-0.4, -0.2) is 43.0 Å². The van der Waals surface area contributed by atoms with E-state index in [-0.39, 0.29) is 19.3 Å². The Labute approximate surface area is 76.1 Å². The van der Waals surface area contributed by atoms with E-state index in [9.17, 15) is 14.0 Å². The molecule has 0 bridgehead atoms. The number of Topliss-reactive ketones (excluding diaryl/α,β-unsaturated/α-hetero) is 1. The molecule has 1 rings (SSSR count). The van der Waals surface area contributed by atoms with Crippen molar-refractivity contribution in [3.63, 3.8) is 0 Å². The summed E-state index contributed by atoms with van der Waals surface area (Å²) in [6, 6.07) is 0. The summed E-state index contributed by atoms with van der Waals surface area (Å²) in [6.07, 6.45) is 0.855. The van der Waals surface area contributed by atoms with Crippen LogP contribution in [0.2, 0.25) is 0 Å². The molecule has 1 unspecified atom stereocenters. The average Bonchev–Trinajstić information content (AvgIpc) is 2.34. The summed E-state index contributed by atoms with van der Waals surface area (Å²) in [5.74, 6) is -0.600. The standard InChI is InChI=1S/C7H10FNO2.CH4O/c8-7(5-10)4-9-3-1-2-6(7)11;1-2/h5,9H,1-4H2;2H,1H3.